The van der Waals surface area contributed by atoms with E-state index >= 15 is 0 Å². The first-order valence-electron chi connectivity index (χ1n) is 7.32. The van der Waals surface area contributed by atoms with Crippen LogP contribution in [0.4, 0.5) is 11.4 Å². The lowest BCUT2D eigenvalue weighted by Crippen LogP contribution is -2.39. The summed E-state index contributed by atoms with van der Waals surface area (Å²) in [7, 11) is 0. The molecule has 2 aromatic carbocycles. The van der Waals surface area contributed by atoms with E-state index in [1.165, 1.54) is 5.56 Å². The van der Waals surface area contributed by atoms with Gasteiger partial charge in [0.15, 0.2) is 0 Å². The minimum absolute atomic E-state index is 0.00444. The van der Waals surface area contributed by atoms with Gasteiger partial charge in [-0.1, -0.05) is 36.8 Å². The zero-order valence-corrected chi connectivity index (χ0v) is 12.5. The molecule has 1 unspecified atom stereocenters. The fourth-order valence-corrected chi connectivity index (χ4v) is 2.99. The lowest BCUT2D eigenvalue weighted by molar-refractivity contribution is 0.0982. The van der Waals surface area contributed by atoms with Gasteiger partial charge in [0.05, 0.1) is 5.56 Å². The first kappa shape index (κ1) is 13.7. The average Bonchev–Trinajstić information content (AvgIpc) is 2.48. The highest BCUT2D eigenvalue weighted by molar-refractivity contribution is 6.10. The van der Waals surface area contributed by atoms with Crippen LogP contribution in [0.2, 0.25) is 0 Å². The van der Waals surface area contributed by atoms with Crippen LogP contribution in [0.3, 0.4) is 0 Å². The molecule has 2 aromatic rings. The van der Waals surface area contributed by atoms with Gasteiger partial charge in [-0.2, -0.15) is 0 Å². The highest BCUT2D eigenvalue weighted by Gasteiger charge is 2.27. The van der Waals surface area contributed by atoms with Crippen LogP contribution in [0.25, 0.3) is 0 Å². The number of nitrogens with zero attached hydrogens (tertiary/aromatic N) is 1. The fourth-order valence-electron chi connectivity index (χ4n) is 2.99. The molecule has 3 nitrogen and oxygen atoms in total. The predicted molar refractivity (Wildman–Crippen MR) is 86.6 cm³/mol. The van der Waals surface area contributed by atoms with Crippen molar-refractivity contribution in [2.24, 2.45) is 5.92 Å². The van der Waals surface area contributed by atoms with Gasteiger partial charge in [-0.15, -0.1) is 0 Å². The Balaban J connectivity index is 2.04. The highest BCUT2D eigenvalue weighted by Crippen LogP contribution is 2.31. The normalized spacial score (nSPS) is 17.4. The van der Waals surface area contributed by atoms with Gasteiger partial charge in [-0.05, 0) is 43.0 Å². The van der Waals surface area contributed by atoms with Crippen LogP contribution in [0.5, 0.6) is 0 Å². The largest absolute Gasteiger partial charge is 0.398 e. The summed E-state index contributed by atoms with van der Waals surface area (Å²) in [5, 5.41) is 0. The summed E-state index contributed by atoms with van der Waals surface area (Å²) >= 11 is 0. The summed E-state index contributed by atoms with van der Waals surface area (Å²) in [5.41, 5.74) is 10.4. The zero-order chi connectivity index (χ0) is 15.0. The molecule has 0 bridgehead atoms. The number of nitrogen functional groups attached to an aromatic ring is 1. The molecule has 0 aliphatic carbocycles. The Morgan fingerprint density at radius 1 is 1.24 bits per heavy atom. The smallest absolute Gasteiger partial charge is 0.260 e. The van der Waals surface area contributed by atoms with E-state index in [2.05, 4.69) is 13.0 Å². The van der Waals surface area contributed by atoms with Gasteiger partial charge in [0.2, 0.25) is 0 Å². The molecule has 21 heavy (non-hydrogen) atoms. The van der Waals surface area contributed by atoms with Crippen molar-refractivity contribution in [3.63, 3.8) is 0 Å². The lowest BCUT2D eigenvalue weighted by Gasteiger charge is -2.33. The van der Waals surface area contributed by atoms with E-state index in [1.54, 1.807) is 0 Å². The van der Waals surface area contributed by atoms with E-state index in [4.69, 9.17) is 5.73 Å². The Hall–Kier alpha value is -2.29. The monoisotopic (exact) mass is 280 g/mol. The Morgan fingerprint density at radius 2 is 2.00 bits per heavy atom. The van der Waals surface area contributed by atoms with Crippen LogP contribution in [0, 0.1) is 12.8 Å². The number of hydrogen-bond acceptors (Lipinski definition) is 2. The number of amides is 1. The van der Waals surface area contributed by atoms with Crippen LogP contribution >= 0.6 is 0 Å². The van der Waals surface area contributed by atoms with E-state index in [1.807, 2.05) is 48.2 Å². The molecule has 0 spiro atoms. The number of carbonyl (C=O) groups is 1. The maximum Gasteiger partial charge on any atom is 0.260 e. The van der Waals surface area contributed by atoms with Crippen LogP contribution in [0.1, 0.15) is 28.4 Å². The van der Waals surface area contributed by atoms with E-state index in [9.17, 15) is 4.79 Å². The first-order chi connectivity index (χ1) is 10.1. The number of rotatable bonds is 1. The van der Waals surface area contributed by atoms with Gasteiger partial charge in [-0.3, -0.25) is 4.79 Å². The minimum atomic E-state index is -0.00444. The Bertz CT molecular complexity index is 693. The van der Waals surface area contributed by atoms with Crippen molar-refractivity contribution in [1.82, 2.24) is 0 Å². The summed E-state index contributed by atoms with van der Waals surface area (Å²) in [6.45, 7) is 4.89. The van der Waals surface area contributed by atoms with Crippen LogP contribution in [-0.4, -0.2) is 12.5 Å². The number of hydrogen-bond donors (Lipinski definition) is 1. The van der Waals surface area contributed by atoms with Crippen molar-refractivity contribution in [3.8, 4) is 0 Å². The third-order valence-electron chi connectivity index (χ3n) is 4.03. The van der Waals surface area contributed by atoms with Gasteiger partial charge < -0.3 is 10.6 Å². The number of anilines is 2. The van der Waals surface area contributed by atoms with Gasteiger partial charge in [0.25, 0.3) is 5.91 Å². The van der Waals surface area contributed by atoms with Crippen molar-refractivity contribution in [2.75, 3.05) is 17.2 Å². The minimum Gasteiger partial charge on any atom is -0.398 e. The predicted octanol–water partition coefficient (Wildman–Crippen LogP) is 3.42. The molecule has 1 atom stereocenters. The number of para-hydroxylation sites is 1. The van der Waals surface area contributed by atoms with E-state index in [0.717, 1.165) is 24.2 Å². The first-order valence-corrected chi connectivity index (χ1v) is 7.32. The van der Waals surface area contributed by atoms with E-state index < -0.39 is 0 Å². The second-order valence-corrected chi connectivity index (χ2v) is 5.94. The van der Waals surface area contributed by atoms with Crippen LogP contribution < -0.4 is 10.6 Å². The Kier molecular flexibility index (Phi) is 3.42. The number of aryl methyl sites for hydroxylation is 1. The van der Waals surface area contributed by atoms with Crippen molar-refractivity contribution in [3.05, 3.63) is 59.2 Å². The van der Waals surface area contributed by atoms with Gasteiger partial charge >= 0.3 is 0 Å². The van der Waals surface area contributed by atoms with Gasteiger partial charge in [-0.25, -0.2) is 0 Å². The van der Waals surface area contributed by atoms with Crippen molar-refractivity contribution in [1.29, 1.82) is 0 Å². The maximum absolute atomic E-state index is 12.9. The molecule has 1 aliphatic rings. The molecule has 0 radical (unpaired) electrons. The van der Waals surface area contributed by atoms with E-state index in [0.29, 0.717) is 17.2 Å². The molecule has 0 saturated heterocycles. The average molecular weight is 280 g/mol. The molecule has 108 valence electrons. The topological polar surface area (TPSA) is 46.3 Å². The molecule has 3 rings (SSSR count). The molecule has 1 amide bonds. The van der Waals surface area contributed by atoms with Gasteiger partial charge in [0.1, 0.15) is 0 Å². The van der Waals surface area contributed by atoms with Crippen molar-refractivity contribution in [2.45, 2.75) is 20.3 Å². The molecular weight excluding hydrogens is 260 g/mol. The van der Waals surface area contributed by atoms with Crippen LogP contribution in [0.15, 0.2) is 42.5 Å². The quantitative estimate of drug-likeness (QED) is 0.814. The Labute approximate surface area is 125 Å². The summed E-state index contributed by atoms with van der Waals surface area (Å²) in [5.74, 6) is 0.449. The Morgan fingerprint density at radius 3 is 2.81 bits per heavy atom. The number of nitrogens with two attached hydrogens (primary N) is 1. The number of fused-ring (bicyclic) bond motifs is 1. The summed E-state index contributed by atoms with van der Waals surface area (Å²) in [6, 6.07) is 13.7. The second kappa shape index (κ2) is 5.24. The highest BCUT2D eigenvalue weighted by atomic mass is 16.2. The lowest BCUT2D eigenvalue weighted by atomic mass is 9.93. The molecule has 1 heterocycles. The number of benzene rings is 2. The molecular formula is C18H20N2O. The molecule has 3 heteroatoms. The van der Waals surface area contributed by atoms with Crippen molar-refractivity contribution >= 4 is 17.3 Å². The second-order valence-electron chi connectivity index (χ2n) is 5.94. The van der Waals surface area contributed by atoms with Gasteiger partial charge in [0, 0.05) is 17.9 Å². The third kappa shape index (κ3) is 2.51. The summed E-state index contributed by atoms with van der Waals surface area (Å²) in [6.07, 6.45) is 1.02. The summed E-state index contributed by atoms with van der Waals surface area (Å²) in [4.78, 5) is 14.8. The molecule has 1 aliphatic heterocycles. The third-order valence-corrected chi connectivity index (χ3v) is 4.03. The molecule has 0 aromatic heterocycles. The molecule has 0 saturated carbocycles. The molecule has 0 fully saturated rings. The zero-order valence-electron chi connectivity index (χ0n) is 12.5. The van der Waals surface area contributed by atoms with E-state index in [-0.39, 0.29) is 5.91 Å². The molecule has 2 N–H and O–H groups in total. The van der Waals surface area contributed by atoms with Crippen LogP contribution in [-0.2, 0) is 6.42 Å². The maximum atomic E-state index is 12.9. The number of carbonyl (C=O) groups excluding carboxylic acids is 1. The summed E-state index contributed by atoms with van der Waals surface area (Å²) < 4.78 is 0. The van der Waals surface area contributed by atoms with Crippen molar-refractivity contribution < 1.29 is 4.79 Å². The standard InChI is InChI=1S/C18H20N2O/c1-12-7-8-16(19)15(10-12)18(21)20-11-13(2)9-14-5-3-4-6-17(14)20/h3-8,10,13H,9,11,19H2,1-2H3. The SMILES string of the molecule is Cc1ccc(N)c(C(=O)N2CC(C)Cc3ccccc32)c1. The fraction of sp³-hybridized carbons (Fsp3) is 0.278.